The lowest BCUT2D eigenvalue weighted by atomic mass is 10.2. The van der Waals surface area contributed by atoms with Crippen LogP contribution in [0.25, 0.3) is 0 Å². The highest BCUT2D eigenvalue weighted by molar-refractivity contribution is 7.87. The Bertz CT molecular complexity index is 819. The van der Waals surface area contributed by atoms with Gasteiger partial charge in [-0.25, -0.2) is 14.1 Å². The summed E-state index contributed by atoms with van der Waals surface area (Å²) in [5.41, 5.74) is -0.0173. The van der Waals surface area contributed by atoms with Crippen LogP contribution in [0.2, 0.25) is 5.02 Å². The number of carbonyl (C=O) groups is 1. The van der Waals surface area contributed by atoms with Crippen LogP contribution in [0.4, 0.5) is 5.00 Å². The number of carboxylic acids is 1. The van der Waals surface area contributed by atoms with Crippen molar-refractivity contribution < 1.29 is 22.9 Å². The number of hydrogen-bond donors (Lipinski definition) is 2. The van der Waals surface area contributed by atoms with Crippen molar-refractivity contribution in [2.75, 3.05) is 4.31 Å². The maximum atomic E-state index is 11.7. The van der Waals surface area contributed by atoms with Crippen molar-refractivity contribution in [1.29, 1.82) is 0 Å². The summed E-state index contributed by atoms with van der Waals surface area (Å²) in [5, 5.41) is 9.62. The zero-order chi connectivity index (χ0) is 16.5. The van der Waals surface area contributed by atoms with Gasteiger partial charge in [-0.1, -0.05) is 41.1 Å². The second-order valence-electron chi connectivity index (χ2n) is 4.27. The van der Waals surface area contributed by atoms with E-state index in [4.69, 9.17) is 16.7 Å². The summed E-state index contributed by atoms with van der Waals surface area (Å²) in [4.78, 5) is 15.0. The summed E-state index contributed by atoms with van der Waals surface area (Å²) in [7, 11) is -4.69. The highest BCUT2D eigenvalue weighted by atomic mass is 35.5. The number of nitrogens with zero attached hydrogens (tertiary/aromatic N) is 2. The molecule has 0 saturated heterocycles. The monoisotopic (exact) mass is 362 g/mol. The zero-order valence-electron chi connectivity index (χ0n) is 11.2. The van der Waals surface area contributed by atoms with E-state index in [1.54, 1.807) is 24.3 Å². The fourth-order valence-electron chi connectivity index (χ4n) is 1.76. The largest absolute Gasteiger partial charge is 0.476 e. The van der Waals surface area contributed by atoms with E-state index in [0.717, 1.165) is 11.3 Å². The first-order chi connectivity index (χ1) is 10.2. The third-order valence-electron chi connectivity index (χ3n) is 2.70. The van der Waals surface area contributed by atoms with Crippen LogP contribution in [-0.4, -0.2) is 29.0 Å². The molecule has 0 fully saturated rings. The molecule has 1 aromatic heterocycles. The summed E-state index contributed by atoms with van der Waals surface area (Å²) in [5.74, 6) is -1.38. The number of aromatic carboxylic acids is 1. The van der Waals surface area contributed by atoms with Gasteiger partial charge in [0.2, 0.25) is 0 Å². The average molecular weight is 363 g/mol. The summed E-state index contributed by atoms with van der Waals surface area (Å²) in [6, 6.07) is 6.46. The zero-order valence-corrected chi connectivity index (χ0v) is 13.6. The molecule has 22 heavy (non-hydrogen) atoms. The molecule has 2 rings (SSSR count). The predicted molar refractivity (Wildman–Crippen MR) is 83.0 cm³/mol. The molecule has 0 aliphatic rings. The minimum absolute atomic E-state index is 0.174. The molecule has 0 aliphatic carbocycles. The molecule has 0 unspecified atom stereocenters. The van der Waals surface area contributed by atoms with Crippen molar-refractivity contribution >= 4 is 44.2 Å². The molecule has 0 amide bonds. The molecular formula is C12H11ClN2O5S2. The Morgan fingerprint density at radius 1 is 1.41 bits per heavy atom. The molecule has 0 bridgehead atoms. The Labute approximate surface area is 135 Å². The SMILES string of the molecule is Cc1nc(C(=O)O)c(N(Cc2ccccc2Cl)S(=O)(=O)O)s1. The molecule has 0 saturated carbocycles. The van der Waals surface area contributed by atoms with E-state index < -0.39 is 22.0 Å². The number of aryl methyl sites for hydroxylation is 1. The number of aromatic nitrogens is 1. The van der Waals surface area contributed by atoms with Crippen LogP contribution in [-0.2, 0) is 16.8 Å². The number of benzene rings is 1. The Kier molecular flexibility index (Phi) is 4.71. The van der Waals surface area contributed by atoms with Gasteiger partial charge in [0.05, 0.1) is 11.6 Å². The summed E-state index contributed by atoms with van der Waals surface area (Å²) in [6.45, 7) is 1.23. The molecule has 1 heterocycles. The molecule has 10 heteroatoms. The van der Waals surface area contributed by atoms with Crippen LogP contribution in [0, 0.1) is 6.92 Å². The van der Waals surface area contributed by atoms with Gasteiger partial charge >= 0.3 is 16.3 Å². The Balaban J connectivity index is 2.54. The van der Waals surface area contributed by atoms with Gasteiger partial charge in [0, 0.05) is 5.02 Å². The maximum Gasteiger partial charge on any atom is 0.360 e. The van der Waals surface area contributed by atoms with Crippen LogP contribution >= 0.6 is 22.9 Å². The van der Waals surface area contributed by atoms with Gasteiger partial charge in [-0.05, 0) is 18.6 Å². The molecule has 7 nitrogen and oxygen atoms in total. The number of thiazole rings is 1. The van der Waals surface area contributed by atoms with Gasteiger partial charge in [0.25, 0.3) is 0 Å². The molecule has 0 spiro atoms. The number of halogens is 1. The van der Waals surface area contributed by atoms with Crippen LogP contribution in [0.5, 0.6) is 0 Å². The van der Waals surface area contributed by atoms with E-state index in [2.05, 4.69) is 4.98 Å². The van der Waals surface area contributed by atoms with Crippen molar-refractivity contribution in [3.8, 4) is 0 Å². The standard InChI is InChI=1S/C12H11ClN2O5S2/c1-7-14-10(12(16)17)11(21-7)15(22(18,19)20)6-8-4-2-3-5-9(8)13/h2-5H,6H2,1H3,(H,16,17)(H,18,19,20). The number of hydrogen-bond acceptors (Lipinski definition) is 5. The fourth-order valence-corrected chi connectivity index (χ4v) is 3.77. The van der Waals surface area contributed by atoms with Crippen molar-refractivity contribution in [2.24, 2.45) is 0 Å². The highest BCUT2D eigenvalue weighted by Crippen LogP contribution is 2.32. The first-order valence-corrected chi connectivity index (χ1v) is 8.48. The molecule has 118 valence electrons. The molecule has 2 N–H and O–H groups in total. The quantitative estimate of drug-likeness (QED) is 0.791. The fraction of sp³-hybridized carbons (Fsp3) is 0.167. The van der Waals surface area contributed by atoms with Gasteiger partial charge in [-0.15, -0.1) is 0 Å². The average Bonchev–Trinajstić information content (AvgIpc) is 2.78. The number of rotatable bonds is 5. The number of carboxylic acid groups (broad SMARTS) is 1. The summed E-state index contributed by atoms with van der Waals surface area (Å²) < 4.78 is 33.3. The Hall–Kier alpha value is -1.68. The van der Waals surface area contributed by atoms with E-state index in [9.17, 15) is 17.8 Å². The Morgan fingerprint density at radius 2 is 2.05 bits per heavy atom. The second kappa shape index (κ2) is 6.21. The van der Waals surface area contributed by atoms with Crippen LogP contribution in [0.15, 0.2) is 24.3 Å². The molecule has 0 radical (unpaired) electrons. The minimum Gasteiger partial charge on any atom is -0.476 e. The Morgan fingerprint density at radius 3 is 2.59 bits per heavy atom. The van der Waals surface area contributed by atoms with Gasteiger partial charge in [-0.3, -0.25) is 4.55 Å². The topological polar surface area (TPSA) is 108 Å². The van der Waals surface area contributed by atoms with Crippen molar-refractivity contribution in [3.63, 3.8) is 0 Å². The summed E-state index contributed by atoms with van der Waals surface area (Å²) in [6.07, 6.45) is 0. The normalized spacial score (nSPS) is 11.4. The molecule has 2 aromatic rings. The minimum atomic E-state index is -4.69. The van der Waals surface area contributed by atoms with E-state index in [0.29, 0.717) is 19.9 Å². The van der Waals surface area contributed by atoms with Crippen LogP contribution < -0.4 is 4.31 Å². The molecule has 1 aromatic carbocycles. The van der Waals surface area contributed by atoms with Crippen molar-refractivity contribution in [3.05, 3.63) is 45.6 Å². The van der Waals surface area contributed by atoms with Crippen LogP contribution in [0.1, 0.15) is 21.1 Å². The van der Waals surface area contributed by atoms with Crippen molar-refractivity contribution in [2.45, 2.75) is 13.5 Å². The lowest BCUT2D eigenvalue weighted by Gasteiger charge is -2.20. The maximum absolute atomic E-state index is 11.7. The van der Waals surface area contributed by atoms with E-state index in [-0.39, 0.29) is 11.5 Å². The van der Waals surface area contributed by atoms with Gasteiger partial charge < -0.3 is 5.11 Å². The number of anilines is 1. The first kappa shape index (κ1) is 16.7. The van der Waals surface area contributed by atoms with Gasteiger partial charge in [0.15, 0.2) is 5.69 Å². The second-order valence-corrected chi connectivity index (χ2v) is 7.19. The summed E-state index contributed by atoms with van der Waals surface area (Å²) >= 11 is 6.84. The van der Waals surface area contributed by atoms with E-state index >= 15 is 0 Å². The first-order valence-electron chi connectivity index (χ1n) is 5.89. The van der Waals surface area contributed by atoms with E-state index in [1.807, 2.05) is 0 Å². The third kappa shape index (κ3) is 3.55. The predicted octanol–water partition coefficient (Wildman–Crippen LogP) is 2.61. The van der Waals surface area contributed by atoms with Crippen molar-refractivity contribution in [1.82, 2.24) is 4.98 Å². The van der Waals surface area contributed by atoms with Gasteiger partial charge in [0.1, 0.15) is 5.00 Å². The smallest absolute Gasteiger partial charge is 0.360 e. The third-order valence-corrected chi connectivity index (χ3v) is 5.04. The van der Waals surface area contributed by atoms with Gasteiger partial charge in [-0.2, -0.15) is 8.42 Å². The molecule has 0 atom stereocenters. The lowest BCUT2D eigenvalue weighted by molar-refractivity contribution is 0.0692. The van der Waals surface area contributed by atoms with Crippen LogP contribution in [0.3, 0.4) is 0 Å². The lowest BCUT2D eigenvalue weighted by Crippen LogP contribution is -2.30. The van der Waals surface area contributed by atoms with E-state index in [1.165, 1.54) is 6.92 Å². The molecular weight excluding hydrogens is 352 g/mol. The molecule has 0 aliphatic heterocycles. The highest BCUT2D eigenvalue weighted by Gasteiger charge is 2.29.